The lowest BCUT2D eigenvalue weighted by Crippen LogP contribution is -2.32. The highest BCUT2D eigenvalue weighted by molar-refractivity contribution is 5.92. The van der Waals surface area contributed by atoms with Gasteiger partial charge in [0.2, 0.25) is 0 Å². The fourth-order valence-corrected chi connectivity index (χ4v) is 2.77. The molecule has 4 heteroatoms. The molecule has 1 aromatic rings. The molecule has 0 atom stereocenters. The van der Waals surface area contributed by atoms with Gasteiger partial charge in [0.25, 0.3) is 0 Å². The highest BCUT2D eigenvalue weighted by Crippen LogP contribution is 2.21. The fourth-order valence-electron chi connectivity index (χ4n) is 2.77. The number of hydrogen-bond acceptors (Lipinski definition) is 2. The van der Waals surface area contributed by atoms with E-state index in [2.05, 4.69) is 41.3 Å². The molecule has 0 spiro atoms. The van der Waals surface area contributed by atoms with Gasteiger partial charge in [-0.2, -0.15) is 0 Å². The third kappa shape index (κ3) is 4.53. The summed E-state index contributed by atoms with van der Waals surface area (Å²) in [5.74, 6) is 0.496. The number of guanidine groups is 1. The second-order valence-electron chi connectivity index (χ2n) is 5.68. The van der Waals surface area contributed by atoms with Crippen molar-refractivity contribution in [3.05, 3.63) is 29.8 Å². The molecule has 1 saturated carbocycles. The van der Waals surface area contributed by atoms with Crippen molar-refractivity contribution in [1.82, 2.24) is 4.90 Å². The molecule has 0 saturated heterocycles. The highest BCUT2D eigenvalue weighted by atomic mass is 15.2. The Bertz CT molecular complexity index is 450. The summed E-state index contributed by atoms with van der Waals surface area (Å²) in [7, 11) is 2.19. The zero-order chi connectivity index (χ0) is 14.4. The van der Waals surface area contributed by atoms with Crippen molar-refractivity contribution in [1.29, 1.82) is 0 Å². The van der Waals surface area contributed by atoms with Crippen LogP contribution in [-0.4, -0.2) is 37.0 Å². The molecule has 110 valence electrons. The predicted molar refractivity (Wildman–Crippen MR) is 86.2 cm³/mol. The molecule has 2 rings (SSSR count). The number of nitrogens with two attached hydrogens (primary N) is 1. The Morgan fingerprint density at radius 1 is 1.40 bits per heavy atom. The van der Waals surface area contributed by atoms with Crippen LogP contribution in [0.1, 0.15) is 31.2 Å². The first-order valence-corrected chi connectivity index (χ1v) is 7.49. The second-order valence-corrected chi connectivity index (χ2v) is 5.68. The summed E-state index contributed by atoms with van der Waals surface area (Å²) in [5, 5.41) is 3.14. The lowest BCUT2D eigenvalue weighted by atomic mass is 10.2. The van der Waals surface area contributed by atoms with E-state index in [1.165, 1.54) is 31.2 Å². The largest absolute Gasteiger partial charge is 0.370 e. The van der Waals surface area contributed by atoms with Gasteiger partial charge < -0.3 is 16.0 Å². The summed E-state index contributed by atoms with van der Waals surface area (Å²) in [5.41, 5.74) is 8.12. The minimum atomic E-state index is 0.496. The molecule has 0 aromatic heterocycles. The lowest BCUT2D eigenvalue weighted by molar-refractivity contribution is 0.252. The van der Waals surface area contributed by atoms with Crippen LogP contribution in [0.15, 0.2) is 29.3 Å². The van der Waals surface area contributed by atoms with Crippen molar-refractivity contribution in [3.63, 3.8) is 0 Å². The number of rotatable bonds is 5. The normalized spacial score (nSPS) is 16.9. The van der Waals surface area contributed by atoms with Crippen molar-refractivity contribution in [2.24, 2.45) is 10.7 Å². The molecule has 1 aliphatic rings. The molecular weight excluding hydrogens is 248 g/mol. The molecule has 1 aliphatic carbocycles. The van der Waals surface area contributed by atoms with E-state index in [1.807, 2.05) is 12.1 Å². The Kier molecular flexibility index (Phi) is 5.41. The van der Waals surface area contributed by atoms with Crippen LogP contribution in [0, 0.1) is 6.92 Å². The van der Waals surface area contributed by atoms with Gasteiger partial charge in [-0.15, -0.1) is 0 Å². The third-order valence-corrected chi connectivity index (χ3v) is 3.97. The molecular formula is C16H26N4. The van der Waals surface area contributed by atoms with Crippen LogP contribution < -0.4 is 11.1 Å². The number of likely N-dealkylation sites (N-methyl/N-ethyl adjacent to an activating group) is 1. The number of hydrogen-bond donors (Lipinski definition) is 2. The minimum absolute atomic E-state index is 0.496. The molecule has 0 bridgehead atoms. The molecule has 0 aliphatic heterocycles. The van der Waals surface area contributed by atoms with E-state index in [9.17, 15) is 0 Å². The number of anilines is 1. The average molecular weight is 274 g/mol. The van der Waals surface area contributed by atoms with Crippen LogP contribution >= 0.6 is 0 Å². The first kappa shape index (κ1) is 14.9. The van der Waals surface area contributed by atoms with Crippen LogP contribution in [0.3, 0.4) is 0 Å². The molecule has 0 amide bonds. The standard InChI is InChI=1S/C16H26N4/c1-13-6-5-7-14(12-13)19-16(17)18-10-11-20(2)15-8-3-4-9-15/h5-7,12,15H,3-4,8-11H2,1-2H3,(H3,17,18,19). The maximum atomic E-state index is 5.92. The number of aliphatic imine (C=N–C) groups is 1. The number of benzene rings is 1. The monoisotopic (exact) mass is 274 g/mol. The topological polar surface area (TPSA) is 53.6 Å². The van der Waals surface area contributed by atoms with E-state index >= 15 is 0 Å². The van der Waals surface area contributed by atoms with Gasteiger partial charge in [0.15, 0.2) is 5.96 Å². The molecule has 1 fully saturated rings. The average Bonchev–Trinajstić information content (AvgIpc) is 2.92. The first-order valence-electron chi connectivity index (χ1n) is 7.49. The SMILES string of the molecule is Cc1cccc(NC(N)=NCCN(C)C2CCCC2)c1. The van der Waals surface area contributed by atoms with Gasteiger partial charge in [-0.1, -0.05) is 25.0 Å². The Morgan fingerprint density at radius 3 is 2.85 bits per heavy atom. The molecule has 0 unspecified atom stereocenters. The van der Waals surface area contributed by atoms with Crippen molar-refractivity contribution in [2.45, 2.75) is 38.6 Å². The van der Waals surface area contributed by atoms with Crippen LogP contribution in [0.5, 0.6) is 0 Å². The van der Waals surface area contributed by atoms with Crippen LogP contribution in [-0.2, 0) is 0 Å². The number of nitrogens with zero attached hydrogens (tertiary/aromatic N) is 2. The van der Waals surface area contributed by atoms with E-state index in [0.29, 0.717) is 5.96 Å². The van der Waals surface area contributed by atoms with Crippen molar-refractivity contribution in [2.75, 3.05) is 25.5 Å². The van der Waals surface area contributed by atoms with E-state index in [1.54, 1.807) is 0 Å². The maximum absolute atomic E-state index is 5.92. The van der Waals surface area contributed by atoms with Crippen LogP contribution in [0.4, 0.5) is 5.69 Å². The van der Waals surface area contributed by atoms with Gasteiger partial charge in [-0.3, -0.25) is 4.99 Å². The van der Waals surface area contributed by atoms with Crippen molar-refractivity contribution < 1.29 is 0 Å². The third-order valence-electron chi connectivity index (χ3n) is 3.97. The number of aryl methyl sites for hydroxylation is 1. The summed E-state index contributed by atoms with van der Waals surface area (Å²) in [4.78, 5) is 6.82. The van der Waals surface area contributed by atoms with Crippen molar-refractivity contribution in [3.8, 4) is 0 Å². The lowest BCUT2D eigenvalue weighted by Gasteiger charge is -2.22. The first-order chi connectivity index (χ1) is 9.65. The summed E-state index contributed by atoms with van der Waals surface area (Å²) in [6, 6.07) is 8.89. The highest BCUT2D eigenvalue weighted by Gasteiger charge is 2.18. The van der Waals surface area contributed by atoms with E-state index in [4.69, 9.17) is 5.73 Å². The van der Waals surface area contributed by atoms with Gasteiger partial charge in [0, 0.05) is 18.3 Å². The summed E-state index contributed by atoms with van der Waals surface area (Å²) in [6.45, 7) is 3.79. The molecule has 20 heavy (non-hydrogen) atoms. The number of nitrogens with one attached hydrogen (secondary N) is 1. The fraction of sp³-hybridized carbons (Fsp3) is 0.562. The van der Waals surface area contributed by atoms with Gasteiger partial charge in [-0.25, -0.2) is 0 Å². The van der Waals surface area contributed by atoms with Crippen molar-refractivity contribution >= 4 is 11.6 Å². The summed E-state index contributed by atoms with van der Waals surface area (Å²) < 4.78 is 0. The van der Waals surface area contributed by atoms with Gasteiger partial charge in [0.1, 0.15) is 0 Å². The zero-order valence-electron chi connectivity index (χ0n) is 12.6. The van der Waals surface area contributed by atoms with E-state index in [-0.39, 0.29) is 0 Å². The second kappa shape index (κ2) is 7.29. The molecule has 1 aromatic carbocycles. The van der Waals surface area contributed by atoms with E-state index in [0.717, 1.165) is 24.8 Å². The molecule has 0 heterocycles. The molecule has 4 nitrogen and oxygen atoms in total. The Balaban J connectivity index is 1.76. The predicted octanol–water partition coefficient (Wildman–Crippen LogP) is 2.60. The Labute approximate surface area is 122 Å². The summed E-state index contributed by atoms with van der Waals surface area (Å²) >= 11 is 0. The Morgan fingerprint density at radius 2 is 2.15 bits per heavy atom. The van der Waals surface area contributed by atoms with Crippen LogP contribution in [0.25, 0.3) is 0 Å². The van der Waals surface area contributed by atoms with Gasteiger partial charge >= 0.3 is 0 Å². The van der Waals surface area contributed by atoms with Gasteiger partial charge in [-0.05, 0) is 44.5 Å². The zero-order valence-corrected chi connectivity index (χ0v) is 12.6. The van der Waals surface area contributed by atoms with E-state index < -0.39 is 0 Å². The maximum Gasteiger partial charge on any atom is 0.193 e. The smallest absolute Gasteiger partial charge is 0.193 e. The minimum Gasteiger partial charge on any atom is -0.370 e. The van der Waals surface area contributed by atoms with Crippen LogP contribution in [0.2, 0.25) is 0 Å². The summed E-state index contributed by atoms with van der Waals surface area (Å²) in [6.07, 6.45) is 5.40. The molecule has 0 radical (unpaired) electrons. The van der Waals surface area contributed by atoms with Gasteiger partial charge in [0.05, 0.1) is 6.54 Å². The Hall–Kier alpha value is -1.55. The molecule has 3 N–H and O–H groups in total. The quantitative estimate of drug-likeness (QED) is 0.641.